The first-order valence-corrected chi connectivity index (χ1v) is 7.90. The zero-order valence-corrected chi connectivity index (χ0v) is 13.7. The average Bonchev–Trinajstić information content (AvgIpc) is 2.69. The molecule has 0 aliphatic carbocycles. The topological polar surface area (TPSA) is 73.9 Å². The van der Waals surface area contributed by atoms with E-state index in [9.17, 15) is 14.0 Å². The molecule has 0 saturated heterocycles. The fourth-order valence-electron chi connectivity index (χ4n) is 2.28. The number of carbonyl (C=O) groups excluding carboxylic acids is 2. The Bertz CT molecular complexity index is 804. The van der Waals surface area contributed by atoms with E-state index in [4.69, 9.17) is 14.2 Å². The van der Waals surface area contributed by atoms with E-state index in [0.717, 1.165) is 6.26 Å². The van der Waals surface area contributed by atoms with Crippen LogP contribution in [0.15, 0.2) is 66.6 Å². The van der Waals surface area contributed by atoms with Gasteiger partial charge >= 0.3 is 5.97 Å². The molecule has 2 aromatic rings. The van der Waals surface area contributed by atoms with Crippen molar-refractivity contribution in [3.8, 4) is 0 Å². The summed E-state index contributed by atoms with van der Waals surface area (Å²) in [4.78, 5) is 24.9. The molecule has 1 amide bonds. The Morgan fingerprint density at radius 3 is 2.42 bits per heavy atom. The van der Waals surface area contributed by atoms with E-state index in [1.807, 2.05) is 0 Å². The summed E-state index contributed by atoms with van der Waals surface area (Å²) >= 11 is 0. The smallest absolute Gasteiger partial charge is 0.378 e. The number of anilines is 1. The fraction of sp³-hybridized carbons (Fsp3) is 0.158. The molecule has 1 aliphatic rings. The Kier molecular flexibility index (Phi) is 5.48. The van der Waals surface area contributed by atoms with Gasteiger partial charge in [-0.2, -0.15) is 0 Å². The minimum absolute atomic E-state index is 0.105. The van der Waals surface area contributed by atoms with Gasteiger partial charge in [0, 0.05) is 11.3 Å². The van der Waals surface area contributed by atoms with Gasteiger partial charge in [-0.25, -0.2) is 9.18 Å². The van der Waals surface area contributed by atoms with Gasteiger partial charge in [-0.05, 0) is 24.3 Å². The molecule has 1 N–H and O–H groups in total. The molecule has 2 aromatic carbocycles. The number of hydrogen-bond acceptors (Lipinski definition) is 5. The summed E-state index contributed by atoms with van der Waals surface area (Å²) in [5, 5.41) is 2.60. The van der Waals surface area contributed by atoms with Crippen LogP contribution in [0, 0.1) is 5.82 Å². The van der Waals surface area contributed by atoms with Crippen molar-refractivity contribution in [3.05, 3.63) is 78.0 Å². The highest BCUT2D eigenvalue weighted by Gasteiger charge is 2.28. The van der Waals surface area contributed by atoms with E-state index in [1.54, 1.807) is 30.3 Å². The van der Waals surface area contributed by atoms with Crippen molar-refractivity contribution in [2.45, 2.75) is 6.10 Å². The van der Waals surface area contributed by atoms with E-state index in [2.05, 4.69) is 5.32 Å². The van der Waals surface area contributed by atoms with Gasteiger partial charge in [0.05, 0.1) is 0 Å². The molecule has 1 aliphatic heterocycles. The predicted octanol–water partition coefficient (Wildman–Crippen LogP) is 2.94. The minimum Gasteiger partial charge on any atom is -0.493 e. The van der Waals surface area contributed by atoms with Gasteiger partial charge in [-0.1, -0.05) is 30.3 Å². The molecular formula is C19H16FNO5. The van der Waals surface area contributed by atoms with Crippen LogP contribution < -0.4 is 5.32 Å². The Morgan fingerprint density at radius 1 is 1.04 bits per heavy atom. The number of ether oxygens (including phenoxy) is 3. The highest BCUT2D eigenvalue weighted by atomic mass is 19.1. The van der Waals surface area contributed by atoms with Crippen LogP contribution in [0.5, 0.6) is 0 Å². The van der Waals surface area contributed by atoms with Crippen molar-refractivity contribution < 1.29 is 28.2 Å². The molecule has 26 heavy (non-hydrogen) atoms. The van der Waals surface area contributed by atoms with E-state index in [0.29, 0.717) is 17.9 Å². The molecule has 0 saturated carbocycles. The molecule has 1 heterocycles. The zero-order valence-electron chi connectivity index (χ0n) is 13.7. The first-order chi connectivity index (χ1) is 12.6. The number of amides is 1. The maximum atomic E-state index is 13.0. The number of rotatable bonds is 5. The SMILES string of the molecule is O=C(O[C@@H](C(=O)Nc1ccc(F)cc1)c1ccccc1)C1=COCCO1. The Labute approximate surface area is 149 Å². The zero-order chi connectivity index (χ0) is 18.4. The molecule has 0 unspecified atom stereocenters. The van der Waals surface area contributed by atoms with Gasteiger partial charge in [0.2, 0.25) is 11.9 Å². The molecule has 7 heteroatoms. The van der Waals surface area contributed by atoms with Gasteiger partial charge in [0.1, 0.15) is 25.3 Å². The van der Waals surface area contributed by atoms with E-state index >= 15 is 0 Å². The lowest BCUT2D eigenvalue weighted by Crippen LogP contribution is -2.27. The van der Waals surface area contributed by atoms with Crippen LogP contribution in [-0.4, -0.2) is 25.1 Å². The first-order valence-electron chi connectivity index (χ1n) is 7.90. The lowest BCUT2D eigenvalue weighted by Gasteiger charge is -2.20. The Morgan fingerprint density at radius 2 is 1.77 bits per heavy atom. The van der Waals surface area contributed by atoms with Crippen LogP contribution in [0.3, 0.4) is 0 Å². The summed E-state index contributed by atoms with van der Waals surface area (Å²) in [6, 6.07) is 13.8. The number of benzene rings is 2. The van der Waals surface area contributed by atoms with Crippen LogP contribution in [0.4, 0.5) is 10.1 Å². The molecule has 6 nitrogen and oxygen atoms in total. The van der Waals surface area contributed by atoms with Crippen LogP contribution in [0.1, 0.15) is 11.7 Å². The maximum absolute atomic E-state index is 13.0. The molecule has 0 spiro atoms. The summed E-state index contributed by atoms with van der Waals surface area (Å²) in [5.74, 6) is -1.91. The summed E-state index contributed by atoms with van der Waals surface area (Å²) in [6.07, 6.45) is -0.0497. The average molecular weight is 357 g/mol. The van der Waals surface area contributed by atoms with Gasteiger partial charge in [-0.3, -0.25) is 4.79 Å². The molecule has 3 rings (SSSR count). The third kappa shape index (κ3) is 4.38. The van der Waals surface area contributed by atoms with Crippen molar-refractivity contribution >= 4 is 17.6 Å². The number of halogens is 1. The Balaban J connectivity index is 1.78. The van der Waals surface area contributed by atoms with Crippen LogP contribution in [-0.2, 0) is 23.8 Å². The number of nitrogens with one attached hydrogen (secondary N) is 1. The number of esters is 1. The summed E-state index contributed by atoms with van der Waals surface area (Å²) < 4.78 is 28.6. The van der Waals surface area contributed by atoms with E-state index in [1.165, 1.54) is 24.3 Å². The summed E-state index contributed by atoms with van der Waals surface area (Å²) in [6.45, 7) is 0.558. The van der Waals surface area contributed by atoms with E-state index in [-0.39, 0.29) is 12.4 Å². The Hall–Kier alpha value is -3.35. The third-order valence-electron chi connectivity index (χ3n) is 3.53. The summed E-state index contributed by atoms with van der Waals surface area (Å²) in [5.41, 5.74) is 0.864. The minimum atomic E-state index is -1.21. The van der Waals surface area contributed by atoms with Gasteiger partial charge in [0.15, 0.2) is 0 Å². The first kappa shape index (κ1) is 17.5. The molecule has 0 radical (unpaired) electrons. The molecule has 134 valence electrons. The van der Waals surface area contributed by atoms with E-state index < -0.39 is 23.8 Å². The van der Waals surface area contributed by atoms with Crippen molar-refractivity contribution in [1.82, 2.24) is 0 Å². The van der Waals surface area contributed by atoms with Gasteiger partial charge in [0.25, 0.3) is 5.91 Å². The molecule has 0 fully saturated rings. The molecule has 0 bridgehead atoms. The van der Waals surface area contributed by atoms with Crippen LogP contribution >= 0.6 is 0 Å². The van der Waals surface area contributed by atoms with Crippen LogP contribution in [0.2, 0.25) is 0 Å². The largest absolute Gasteiger partial charge is 0.493 e. The predicted molar refractivity (Wildman–Crippen MR) is 90.3 cm³/mol. The quantitative estimate of drug-likeness (QED) is 0.833. The van der Waals surface area contributed by atoms with Crippen molar-refractivity contribution in [1.29, 1.82) is 0 Å². The summed E-state index contributed by atoms with van der Waals surface area (Å²) in [7, 11) is 0. The second-order valence-corrected chi connectivity index (χ2v) is 5.39. The lowest BCUT2D eigenvalue weighted by atomic mass is 10.1. The second kappa shape index (κ2) is 8.15. The molecule has 0 aromatic heterocycles. The molecular weight excluding hydrogens is 341 g/mol. The van der Waals surface area contributed by atoms with Crippen LogP contribution in [0.25, 0.3) is 0 Å². The third-order valence-corrected chi connectivity index (χ3v) is 3.53. The maximum Gasteiger partial charge on any atom is 0.378 e. The number of carbonyl (C=O) groups is 2. The van der Waals surface area contributed by atoms with Gasteiger partial charge in [-0.15, -0.1) is 0 Å². The van der Waals surface area contributed by atoms with Crippen molar-refractivity contribution in [2.24, 2.45) is 0 Å². The molecule has 1 atom stereocenters. The lowest BCUT2D eigenvalue weighted by molar-refractivity contribution is -0.155. The highest BCUT2D eigenvalue weighted by molar-refractivity contribution is 5.97. The monoisotopic (exact) mass is 357 g/mol. The standard InChI is InChI=1S/C19H16FNO5/c20-14-6-8-15(9-7-14)21-18(22)17(13-4-2-1-3-5-13)26-19(23)16-12-24-10-11-25-16/h1-9,12,17H,10-11H2,(H,21,22)/t17-/m1/s1. The highest BCUT2D eigenvalue weighted by Crippen LogP contribution is 2.22. The van der Waals surface area contributed by atoms with Crippen molar-refractivity contribution in [3.63, 3.8) is 0 Å². The van der Waals surface area contributed by atoms with Crippen molar-refractivity contribution in [2.75, 3.05) is 18.5 Å². The second-order valence-electron chi connectivity index (χ2n) is 5.39. The van der Waals surface area contributed by atoms with Gasteiger partial charge < -0.3 is 19.5 Å². The fourth-order valence-corrected chi connectivity index (χ4v) is 2.28. The normalized spacial score (nSPS) is 14.3. The number of hydrogen-bond donors (Lipinski definition) is 1.